The molecule has 0 amide bonds. The molecule has 1 aromatic carbocycles. The minimum Gasteiger partial charge on any atom is -0.454 e. The van der Waals surface area contributed by atoms with Gasteiger partial charge in [-0.2, -0.15) is 0 Å². The molecule has 4 nitrogen and oxygen atoms in total. The van der Waals surface area contributed by atoms with Gasteiger partial charge in [0.15, 0.2) is 11.5 Å². The third kappa shape index (κ3) is 2.50. The van der Waals surface area contributed by atoms with Gasteiger partial charge in [0.05, 0.1) is 4.47 Å². The standard InChI is InChI=1S/C12H11BrN2O2S/c13-9-3-8(4-10-12(9)17-7-16-10)5-14-6-11-15-1-2-18-11/h1-4,14H,5-7H2. The van der Waals surface area contributed by atoms with Crippen LogP contribution in [0.2, 0.25) is 0 Å². The molecule has 3 rings (SSSR count). The molecule has 1 aliphatic rings. The first kappa shape index (κ1) is 12.0. The molecule has 94 valence electrons. The molecule has 0 radical (unpaired) electrons. The van der Waals surface area contributed by atoms with Gasteiger partial charge in [-0.05, 0) is 33.6 Å². The SMILES string of the molecule is Brc1cc(CNCc2nccs2)cc2c1OCO2. The van der Waals surface area contributed by atoms with Crippen LogP contribution in [0.4, 0.5) is 0 Å². The van der Waals surface area contributed by atoms with E-state index in [1.165, 1.54) is 0 Å². The Bertz CT molecular complexity index is 545. The smallest absolute Gasteiger partial charge is 0.231 e. The lowest BCUT2D eigenvalue weighted by Crippen LogP contribution is -2.12. The van der Waals surface area contributed by atoms with Crippen LogP contribution in [-0.2, 0) is 13.1 Å². The van der Waals surface area contributed by atoms with Gasteiger partial charge < -0.3 is 14.8 Å². The van der Waals surface area contributed by atoms with Crippen molar-refractivity contribution in [3.05, 3.63) is 38.8 Å². The third-order valence-electron chi connectivity index (χ3n) is 2.58. The molecule has 0 fully saturated rings. The largest absolute Gasteiger partial charge is 0.454 e. The number of fused-ring (bicyclic) bond motifs is 1. The van der Waals surface area contributed by atoms with Crippen molar-refractivity contribution in [2.24, 2.45) is 0 Å². The zero-order valence-electron chi connectivity index (χ0n) is 9.48. The second-order valence-corrected chi connectivity index (χ2v) is 5.67. The van der Waals surface area contributed by atoms with E-state index >= 15 is 0 Å². The number of halogens is 1. The summed E-state index contributed by atoms with van der Waals surface area (Å²) in [6.45, 7) is 1.85. The van der Waals surface area contributed by atoms with E-state index in [2.05, 4.69) is 26.2 Å². The van der Waals surface area contributed by atoms with E-state index in [4.69, 9.17) is 9.47 Å². The second-order valence-electron chi connectivity index (χ2n) is 3.84. The number of aromatic nitrogens is 1. The topological polar surface area (TPSA) is 43.4 Å². The third-order valence-corrected chi connectivity index (χ3v) is 3.94. The first-order valence-corrected chi connectivity index (χ1v) is 7.17. The van der Waals surface area contributed by atoms with Gasteiger partial charge in [0.2, 0.25) is 6.79 Å². The summed E-state index contributed by atoms with van der Waals surface area (Å²) in [7, 11) is 0. The van der Waals surface area contributed by atoms with Crippen molar-refractivity contribution in [2.45, 2.75) is 13.1 Å². The van der Waals surface area contributed by atoms with Crippen molar-refractivity contribution in [2.75, 3.05) is 6.79 Å². The lowest BCUT2D eigenvalue weighted by molar-refractivity contribution is 0.173. The molecule has 0 aliphatic carbocycles. The minimum absolute atomic E-state index is 0.296. The molecule has 18 heavy (non-hydrogen) atoms. The fourth-order valence-electron chi connectivity index (χ4n) is 1.78. The van der Waals surface area contributed by atoms with Crippen LogP contribution in [0.15, 0.2) is 28.2 Å². The van der Waals surface area contributed by atoms with Gasteiger partial charge in [0, 0.05) is 24.7 Å². The highest BCUT2D eigenvalue weighted by Gasteiger charge is 2.17. The first-order valence-electron chi connectivity index (χ1n) is 5.50. The number of ether oxygens (including phenoxy) is 2. The van der Waals surface area contributed by atoms with Crippen molar-refractivity contribution >= 4 is 27.3 Å². The van der Waals surface area contributed by atoms with Crippen molar-refractivity contribution in [3.8, 4) is 11.5 Å². The number of thiazole rings is 1. The number of nitrogens with zero attached hydrogens (tertiary/aromatic N) is 1. The highest BCUT2D eigenvalue weighted by Crippen LogP contribution is 2.39. The van der Waals surface area contributed by atoms with Crippen LogP contribution in [-0.4, -0.2) is 11.8 Å². The lowest BCUT2D eigenvalue weighted by Gasteiger charge is -2.06. The average molecular weight is 327 g/mol. The van der Waals surface area contributed by atoms with E-state index in [0.29, 0.717) is 6.79 Å². The Balaban J connectivity index is 1.65. The summed E-state index contributed by atoms with van der Waals surface area (Å²) in [4.78, 5) is 4.22. The van der Waals surface area contributed by atoms with E-state index in [9.17, 15) is 0 Å². The van der Waals surface area contributed by atoms with Crippen LogP contribution in [0.3, 0.4) is 0 Å². The molecule has 1 aromatic heterocycles. The van der Waals surface area contributed by atoms with Gasteiger partial charge in [-0.15, -0.1) is 11.3 Å². The molecule has 0 bridgehead atoms. The van der Waals surface area contributed by atoms with Crippen LogP contribution < -0.4 is 14.8 Å². The molecule has 2 heterocycles. The van der Waals surface area contributed by atoms with E-state index < -0.39 is 0 Å². The number of benzene rings is 1. The predicted molar refractivity (Wildman–Crippen MR) is 72.9 cm³/mol. The summed E-state index contributed by atoms with van der Waals surface area (Å²) >= 11 is 5.14. The monoisotopic (exact) mass is 326 g/mol. The average Bonchev–Trinajstić information content (AvgIpc) is 2.99. The van der Waals surface area contributed by atoms with Gasteiger partial charge in [0.1, 0.15) is 5.01 Å². The minimum atomic E-state index is 0.296. The zero-order chi connectivity index (χ0) is 12.4. The first-order chi connectivity index (χ1) is 8.83. The number of hydrogen-bond donors (Lipinski definition) is 1. The van der Waals surface area contributed by atoms with Gasteiger partial charge in [0.25, 0.3) is 0 Å². The van der Waals surface area contributed by atoms with Crippen molar-refractivity contribution < 1.29 is 9.47 Å². The maximum Gasteiger partial charge on any atom is 0.231 e. The van der Waals surface area contributed by atoms with E-state index in [-0.39, 0.29) is 0 Å². The van der Waals surface area contributed by atoms with E-state index in [1.54, 1.807) is 11.3 Å². The molecule has 6 heteroatoms. The Kier molecular flexibility index (Phi) is 3.49. The van der Waals surface area contributed by atoms with Gasteiger partial charge in [-0.25, -0.2) is 4.98 Å². The van der Waals surface area contributed by atoms with Crippen LogP contribution in [0, 0.1) is 0 Å². The molecule has 0 spiro atoms. The molecular formula is C12H11BrN2O2S. The summed E-state index contributed by atoms with van der Waals surface area (Å²) < 4.78 is 11.7. The Hall–Kier alpha value is -1.11. The van der Waals surface area contributed by atoms with Crippen LogP contribution in [0.1, 0.15) is 10.6 Å². The molecule has 0 saturated carbocycles. The highest BCUT2D eigenvalue weighted by molar-refractivity contribution is 9.10. The molecule has 1 aliphatic heterocycles. The summed E-state index contributed by atoms with van der Waals surface area (Å²) in [6.07, 6.45) is 1.82. The van der Waals surface area contributed by atoms with E-state index in [1.807, 2.05) is 23.7 Å². The summed E-state index contributed by atoms with van der Waals surface area (Å²) in [5.41, 5.74) is 1.16. The summed E-state index contributed by atoms with van der Waals surface area (Å²) in [5.74, 6) is 1.59. The Morgan fingerprint density at radius 2 is 2.28 bits per heavy atom. The Labute approximate surface area is 117 Å². The normalized spacial score (nSPS) is 12.9. The van der Waals surface area contributed by atoms with Crippen molar-refractivity contribution in [1.29, 1.82) is 0 Å². The molecule has 0 unspecified atom stereocenters. The molecule has 0 saturated heterocycles. The van der Waals surface area contributed by atoms with Gasteiger partial charge >= 0.3 is 0 Å². The quantitative estimate of drug-likeness (QED) is 0.938. The fraction of sp³-hybridized carbons (Fsp3) is 0.250. The van der Waals surface area contributed by atoms with Crippen molar-refractivity contribution in [1.82, 2.24) is 10.3 Å². The Morgan fingerprint density at radius 1 is 1.33 bits per heavy atom. The maximum atomic E-state index is 5.38. The summed E-state index contributed by atoms with van der Waals surface area (Å²) in [5, 5.41) is 6.43. The predicted octanol–water partition coefficient (Wildman–Crippen LogP) is 2.92. The molecular weight excluding hydrogens is 316 g/mol. The van der Waals surface area contributed by atoms with E-state index in [0.717, 1.165) is 39.6 Å². The maximum absolute atomic E-state index is 5.38. The number of rotatable bonds is 4. The highest BCUT2D eigenvalue weighted by atomic mass is 79.9. The van der Waals surface area contributed by atoms with Crippen LogP contribution in [0.5, 0.6) is 11.5 Å². The molecule has 0 atom stereocenters. The fourth-order valence-corrected chi connectivity index (χ4v) is 2.97. The number of nitrogens with one attached hydrogen (secondary N) is 1. The second kappa shape index (κ2) is 5.26. The zero-order valence-corrected chi connectivity index (χ0v) is 11.9. The van der Waals surface area contributed by atoms with Crippen molar-refractivity contribution in [3.63, 3.8) is 0 Å². The Morgan fingerprint density at radius 3 is 3.11 bits per heavy atom. The van der Waals surface area contributed by atoms with Gasteiger partial charge in [-0.3, -0.25) is 0 Å². The van der Waals surface area contributed by atoms with Gasteiger partial charge in [-0.1, -0.05) is 0 Å². The summed E-state index contributed by atoms with van der Waals surface area (Å²) in [6, 6.07) is 4.05. The van der Waals surface area contributed by atoms with Crippen LogP contribution >= 0.6 is 27.3 Å². The van der Waals surface area contributed by atoms with Crippen LogP contribution in [0.25, 0.3) is 0 Å². The molecule has 2 aromatic rings. The lowest BCUT2D eigenvalue weighted by atomic mass is 10.2. The molecule has 1 N–H and O–H groups in total. The number of hydrogen-bond acceptors (Lipinski definition) is 5.